The van der Waals surface area contributed by atoms with E-state index < -0.39 is 0 Å². The van der Waals surface area contributed by atoms with Crippen LogP contribution in [0.3, 0.4) is 0 Å². The van der Waals surface area contributed by atoms with Gasteiger partial charge in [0, 0.05) is 12.6 Å². The zero-order chi connectivity index (χ0) is 14.7. The minimum absolute atomic E-state index is 0.0235. The van der Waals surface area contributed by atoms with Gasteiger partial charge in [0.25, 0.3) is 0 Å². The Morgan fingerprint density at radius 3 is 3.00 bits per heavy atom. The van der Waals surface area contributed by atoms with Crippen molar-refractivity contribution in [3.8, 4) is 5.75 Å². The molecule has 2 atom stereocenters. The standard InChI is InChI=1S/C17H24N2O2/c1-21-15-8-6-12-5-7-14(10-13(12)11-15)19-16-4-2-3-9-18-17(16)20/h6,8,11,14,16,19H,2-5,7,9-10H2,1H3,(H,18,20). The summed E-state index contributed by atoms with van der Waals surface area (Å²) < 4.78 is 5.31. The smallest absolute Gasteiger partial charge is 0.237 e. The maximum atomic E-state index is 12.0. The summed E-state index contributed by atoms with van der Waals surface area (Å²) in [6, 6.07) is 6.70. The Kier molecular flexibility index (Phi) is 4.44. The zero-order valence-electron chi connectivity index (χ0n) is 12.7. The van der Waals surface area contributed by atoms with E-state index in [0.717, 1.165) is 50.8 Å². The van der Waals surface area contributed by atoms with Crippen LogP contribution in [0.2, 0.25) is 0 Å². The Morgan fingerprint density at radius 2 is 2.14 bits per heavy atom. The first-order valence-corrected chi connectivity index (χ1v) is 7.96. The Balaban J connectivity index is 1.66. The van der Waals surface area contributed by atoms with Crippen LogP contribution in [0.25, 0.3) is 0 Å². The average molecular weight is 288 g/mol. The maximum Gasteiger partial charge on any atom is 0.237 e. The van der Waals surface area contributed by atoms with Gasteiger partial charge in [0.1, 0.15) is 5.75 Å². The molecule has 4 heteroatoms. The molecule has 0 bridgehead atoms. The molecule has 1 aliphatic heterocycles. The predicted molar refractivity (Wildman–Crippen MR) is 82.6 cm³/mol. The second-order valence-corrected chi connectivity index (χ2v) is 6.08. The number of benzene rings is 1. The lowest BCUT2D eigenvalue weighted by atomic mass is 9.87. The van der Waals surface area contributed by atoms with Crippen molar-refractivity contribution in [3.05, 3.63) is 29.3 Å². The summed E-state index contributed by atoms with van der Waals surface area (Å²) in [4.78, 5) is 12.0. The molecule has 1 aromatic carbocycles. The molecule has 1 aromatic rings. The van der Waals surface area contributed by atoms with Gasteiger partial charge in [-0.3, -0.25) is 4.79 Å². The van der Waals surface area contributed by atoms with E-state index in [1.165, 1.54) is 11.1 Å². The van der Waals surface area contributed by atoms with Crippen LogP contribution in [0.15, 0.2) is 18.2 Å². The molecule has 2 aliphatic rings. The third-order valence-corrected chi connectivity index (χ3v) is 4.61. The van der Waals surface area contributed by atoms with Crippen LogP contribution in [-0.2, 0) is 17.6 Å². The van der Waals surface area contributed by atoms with Crippen molar-refractivity contribution >= 4 is 5.91 Å². The number of hydrogen-bond donors (Lipinski definition) is 2. The summed E-state index contributed by atoms with van der Waals surface area (Å²) in [5.74, 6) is 1.09. The van der Waals surface area contributed by atoms with E-state index in [4.69, 9.17) is 4.74 Å². The number of carbonyl (C=O) groups excluding carboxylic acids is 1. The first-order valence-electron chi connectivity index (χ1n) is 7.96. The number of hydrogen-bond acceptors (Lipinski definition) is 3. The van der Waals surface area contributed by atoms with Crippen LogP contribution in [0, 0.1) is 0 Å². The minimum Gasteiger partial charge on any atom is -0.497 e. The van der Waals surface area contributed by atoms with E-state index in [1.807, 2.05) is 6.07 Å². The highest BCUT2D eigenvalue weighted by atomic mass is 16.5. The highest BCUT2D eigenvalue weighted by Crippen LogP contribution is 2.26. The first-order chi connectivity index (χ1) is 10.3. The third-order valence-electron chi connectivity index (χ3n) is 4.61. The highest BCUT2D eigenvalue weighted by molar-refractivity contribution is 5.81. The summed E-state index contributed by atoms with van der Waals surface area (Å²) in [6.07, 6.45) is 6.32. The second-order valence-electron chi connectivity index (χ2n) is 6.08. The van der Waals surface area contributed by atoms with Gasteiger partial charge < -0.3 is 15.4 Å². The fraction of sp³-hybridized carbons (Fsp3) is 0.588. The van der Waals surface area contributed by atoms with E-state index in [1.54, 1.807) is 7.11 Å². The number of methoxy groups -OCH3 is 1. The predicted octanol–water partition coefficient (Wildman–Crippen LogP) is 1.81. The van der Waals surface area contributed by atoms with Crippen LogP contribution in [-0.4, -0.2) is 31.6 Å². The molecule has 1 aliphatic carbocycles. The number of carbonyl (C=O) groups is 1. The number of fused-ring (bicyclic) bond motifs is 1. The summed E-state index contributed by atoms with van der Waals surface area (Å²) in [5.41, 5.74) is 2.77. The molecule has 1 amide bonds. The van der Waals surface area contributed by atoms with Crippen LogP contribution >= 0.6 is 0 Å². The lowest BCUT2D eigenvalue weighted by molar-refractivity contribution is -0.123. The molecule has 0 radical (unpaired) electrons. The highest BCUT2D eigenvalue weighted by Gasteiger charge is 2.26. The van der Waals surface area contributed by atoms with Gasteiger partial charge in [0.05, 0.1) is 13.2 Å². The van der Waals surface area contributed by atoms with Crippen molar-refractivity contribution in [2.45, 2.75) is 50.6 Å². The van der Waals surface area contributed by atoms with E-state index >= 15 is 0 Å². The van der Waals surface area contributed by atoms with Crippen LogP contribution in [0.4, 0.5) is 0 Å². The second kappa shape index (κ2) is 6.48. The number of aryl methyl sites for hydroxylation is 1. The lowest BCUT2D eigenvalue weighted by Crippen LogP contribution is -2.48. The topological polar surface area (TPSA) is 50.4 Å². The van der Waals surface area contributed by atoms with E-state index in [0.29, 0.717) is 6.04 Å². The molecule has 2 unspecified atom stereocenters. The minimum atomic E-state index is -0.0235. The largest absolute Gasteiger partial charge is 0.497 e. The molecule has 1 fully saturated rings. The SMILES string of the molecule is COc1ccc2c(c1)CC(NC1CCCCNC1=O)CC2. The molecule has 1 heterocycles. The van der Waals surface area contributed by atoms with E-state index in [-0.39, 0.29) is 11.9 Å². The Labute approximate surface area is 126 Å². The Hall–Kier alpha value is -1.55. The molecule has 0 aromatic heterocycles. The number of rotatable bonds is 3. The zero-order valence-corrected chi connectivity index (χ0v) is 12.7. The van der Waals surface area contributed by atoms with Gasteiger partial charge in [-0.2, -0.15) is 0 Å². The number of nitrogens with one attached hydrogen (secondary N) is 2. The molecule has 1 saturated heterocycles. The summed E-state index contributed by atoms with van der Waals surface area (Å²) >= 11 is 0. The Morgan fingerprint density at radius 1 is 1.24 bits per heavy atom. The molecule has 2 N–H and O–H groups in total. The quantitative estimate of drug-likeness (QED) is 0.892. The normalized spacial score (nSPS) is 25.7. The van der Waals surface area contributed by atoms with Gasteiger partial charge in [0.2, 0.25) is 5.91 Å². The molecule has 114 valence electrons. The molecule has 4 nitrogen and oxygen atoms in total. The summed E-state index contributed by atoms with van der Waals surface area (Å²) in [5, 5.41) is 6.57. The Bertz CT molecular complexity index is 516. The van der Waals surface area contributed by atoms with Crippen molar-refractivity contribution in [3.63, 3.8) is 0 Å². The summed E-state index contributed by atoms with van der Waals surface area (Å²) in [6.45, 7) is 0.821. The summed E-state index contributed by atoms with van der Waals surface area (Å²) in [7, 11) is 1.70. The van der Waals surface area contributed by atoms with Crippen LogP contribution in [0.1, 0.15) is 36.8 Å². The van der Waals surface area contributed by atoms with Gasteiger partial charge in [-0.1, -0.05) is 6.07 Å². The third kappa shape index (κ3) is 3.38. The van der Waals surface area contributed by atoms with Gasteiger partial charge >= 0.3 is 0 Å². The van der Waals surface area contributed by atoms with Crippen molar-refractivity contribution in [1.29, 1.82) is 0 Å². The fourth-order valence-corrected chi connectivity index (χ4v) is 3.39. The molecular formula is C17H24N2O2. The lowest BCUT2D eigenvalue weighted by Gasteiger charge is -2.29. The fourth-order valence-electron chi connectivity index (χ4n) is 3.39. The van der Waals surface area contributed by atoms with Gasteiger partial charge in [-0.05, 0) is 61.8 Å². The molecular weight excluding hydrogens is 264 g/mol. The molecule has 21 heavy (non-hydrogen) atoms. The van der Waals surface area contributed by atoms with Crippen LogP contribution in [0.5, 0.6) is 5.75 Å². The number of amides is 1. The first kappa shape index (κ1) is 14.4. The molecule has 3 rings (SSSR count). The van der Waals surface area contributed by atoms with Crippen molar-refractivity contribution in [2.24, 2.45) is 0 Å². The molecule has 0 spiro atoms. The van der Waals surface area contributed by atoms with E-state index in [9.17, 15) is 4.79 Å². The van der Waals surface area contributed by atoms with Crippen molar-refractivity contribution in [1.82, 2.24) is 10.6 Å². The van der Waals surface area contributed by atoms with Gasteiger partial charge in [-0.25, -0.2) is 0 Å². The van der Waals surface area contributed by atoms with Crippen molar-refractivity contribution < 1.29 is 9.53 Å². The monoisotopic (exact) mass is 288 g/mol. The van der Waals surface area contributed by atoms with E-state index in [2.05, 4.69) is 22.8 Å². The van der Waals surface area contributed by atoms with Crippen molar-refractivity contribution in [2.75, 3.05) is 13.7 Å². The molecule has 0 saturated carbocycles. The average Bonchev–Trinajstić information content (AvgIpc) is 2.71. The van der Waals surface area contributed by atoms with Gasteiger partial charge in [-0.15, -0.1) is 0 Å². The van der Waals surface area contributed by atoms with Gasteiger partial charge in [0.15, 0.2) is 0 Å². The maximum absolute atomic E-state index is 12.0. The van der Waals surface area contributed by atoms with Crippen LogP contribution < -0.4 is 15.4 Å². The number of ether oxygens (including phenoxy) is 1.